The second kappa shape index (κ2) is 5.23. The van der Waals surface area contributed by atoms with Crippen LogP contribution in [0.1, 0.15) is 10.4 Å². The average Bonchev–Trinajstić information content (AvgIpc) is 2.15. The van der Waals surface area contributed by atoms with Gasteiger partial charge in [-0.15, -0.1) is 0 Å². The minimum Gasteiger partial charge on any atom is -0.346 e. The average molecular weight is 311 g/mol. The lowest BCUT2D eigenvalue weighted by atomic mass is 10.2. The first kappa shape index (κ1) is 11.4. The maximum atomic E-state index is 11.8. The van der Waals surface area contributed by atoms with Gasteiger partial charge in [0.05, 0.1) is 6.54 Å². The molecule has 1 aromatic rings. The first-order chi connectivity index (χ1) is 6.59. The highest BCUT2D eigenvalue weighted by Crippen LogP contribution is 2.06. The van der Waals surface area contributed by atoms with E-state index >= 15 is 0 Å². The molecule has 0 aromatic heterocycles. The molecule has 0 heterocycles. The van der Waals surface area contributed by atoms with Gasteiger partial charge in [-0.05, 0) is 46.9 Å². The van der Waals surface area contributed by atoms with Crippen LogP contribution in [0.2, 0.25) is 0 Å². The van der Waals surface area contributed by atoms with Crippen LogP contribution in [-0.4, -0.2) is 18.9 Å². The van der Waals surface area contributed by atoms with Crippen LogP contribution in [0.15, 0.2) is 24.3 Å². The Hall–Kier alpha value is -0.720. The number of alkyl halides is 2. The summed E-state index contributed by atoms with van der Waals surface area (Å²) in [5.74, 6) is -0.471. The third-order valence-electron chi connectivity index (χ3n) is 1.52. The molecule has 0 bridgehead atoms. The van der Waals surface area contributed by atoms with Crippen LogP contribution in [0, 0.1) is 3.57 Å². The van der Waals surface area contributed by atoms with Crippen molar-refractivity contribution in [3.63, 3.8) is 0 Å². The van der Waals surface area contributed by atoms with Crippen molar-refractivity contribution < 1.29 is 13.6 Å². The number of benzene rings is 1. The van der Waals surface area contributed by atoms with E-state index in [1.165, 1.54) is 0 Å². The number of amides is 1. The summed E-state index contributed by atoms with van der Waals surface area (Å²) in [7, 11) is 0. The standard InChI is InChI=1S/C9H8F2INO/c10-8(11)5-13-9(14)6-1-3-7(12)4-2-6/h1-4,8H,5H2,(H,13,14). The van der Waals surface area contributed by atoms with Crippen LogP contribution in [0.5, 0.6) is 0 Å². The van der Waals surface area contributed by atoms with Gasteiger partial charge in [0.1, 0.15) is 0 Å². The molecule has 0 unspecified atom stereocenters. The Bertz CT molecular complexity index is 313. The summed E-state index contributed by atoms with van der Waals surface area (Å²) in [6.07, 6.45) is -2.51. The molecule has 0 atom stereocenters. The first-order valence-electron chi connectivity index (χ1n) is 3.91. The maximum Gasteiger partial charge on any atom is 0.255 e. The van der Waals surface area contributed by atoms with E-state index < -0.39 is 18.9 Å². The number of carbonyl (C=O) groups excluding carboxylic acids is 1. The number of carbonyl (C=O) groups is 1. The lowest BCUT2D eigenvalue weighted by Crippen LogP contribution is -2.28. The van der Waals surface area contributed by atoms with Crippen molar-refractivity contribution in [1.82, 2.24) is 5.32 Å². The second-order valence-electron chi connectivity index (χ2n) is 2.61. The van der Waals surface area contributed by atoms with Gasteiger partial charge in [0, 0.05) is 9.13 Å². The van der Waals surface area contributed by atoms with Gasteiger partial charge < -0.3 is 5.32 Å². The van der Waals surface area contributed by atoms with E-state index in [9.17, 15) is 13.6 Å². The van der Waals surface area contributed by atoms with E-state index in [0.29, 0.717) is 5.56 Å². The molecule has 0 saturated carbocycles. The molecular formula is C9H8F2INO. The molecule has 14 heavy (non-hydrogen) atoms. The zero-order valence-corrected chi connectivity index (χ0v) is 9.29. The first-order valence-corrected chi connectivity index (χ1v) is 4.99. The molecule has 0 aliphatic carbocycles. The molecule has 1 rings (SSSR count). The van der Waals surface area contributed by atoms with Gasteiger partial charge in [-0.1, -0.05) is 0 Å². The van der Waals surface area contributed by atoms with Crippen LogP contribution in [0.3, 0.4) is 0 Å². The van der Waals surface area contributed by atoms with Crippen LogP contribution in [0.25, 0.3) is 0 Å². The summed E-state index contributed by atoms with van der Waals surface area (Å²) in [5.41, 5.74) is 0.395. The molecule has 1 N–H and O–H groups in total. The van der Waals surface area contributed by atoms with Crippen molar-refractivity contribution in [3.8, 4) is 0 Å². The summed E-state index contributed by atoms with van der Waals surface area (Å²) in [6.45, 7) is -0.606. The minimum atomic E-state index is -2.51. The normalized spacial score (nSPS) is 10.3. The molecule has 76 valence electrons. The van der Waals surface area contributed by atoms with E-state index in [4.69, 9.17) is 0 Å². The third kappa shape index (κ3) is 3.57. The third-order valence-corrected chi connectivity index (χ3v) is 2.24. The maximum absolute atomic E-state index is 11.8. The van der Waals surface area contributed by atoms with Gasteiger partial charge in [-0.25, -0.2) is 8.78 Å². The van der Waals surface area contributed by atoms with Crippen LogP contribution >= 0.6 is 22.6 Å². The van der Waals surface area contributed by atoms with Gasteiger partial charge in [0.25, 0.3) is 12.3 Å². The zero-order valence-electron chi connectivity index (χ0n) is 7.14. The predicted octanol–water partition coefficient (Wildman–Crippen LogP) is 2.29. The molecular weight excluding hydrogens is 303 g/mol. The lowest BCUT2D eigenvalue weighted by Gasteiger charge is -2.03. The van der Waals surface area contributed by atoms with Crippen LogP contribution < -0.4 is 5.32 Å². The van der Waals surface area contributed by atoms with Crippen LogP contribution in [0.4, 0.5) is 8.78 Å². The Morgan fingerprint density at radius 1 is 1.36 bits per heavy atom. The SMILES string of the molecule is O=C(NCC(F)F)c1ccc(I)cc1. The fraction of sp³-hybridized carbons (Fsp3) is 0.222. The number of rotatable bonds is 3. The van der Waals surface area contributed by atoms with E-state index in [1.54, 1.807) is 24.3 Å². The Labute approximate surface area is 93.8 Å². The molecule has 2 nitrogen and oxygen atoms in total. The van der Waals surface area contributed by atoms with E-state index in [1.807, 2.05) is 0 Å². The summed E-state index contributed by atoms with van der Waals surface area (Å²) < 4.78 is 24.5. The highest BCUT2D eigenvalue weighted by molar-refractivity contribution is 14.1. The highest BCUT2D eigenvalue weighted by Gasteiger charge is 2.07. The van der Waals surface area contributed by atoms with Crippen molar-refractivity contribution in [2.75, 3.05) is 6.54 Å². The van der Waals surface area contributed by atoms with Crippen molar-refractivity contribution in [2.45, 2.75) is 6.43 Å². The summed E-state index contributed by atoms with van der Waals surface area (Å²) in [6, 6.07) is 6.70. The van der Waals surface area contributed by atoms with Crippen molar-refractivity contribution in [2.24, 2.45) is 0 Å². The minimum absolute atomic E-state index is 0.395. The lowest BCUT2D eigenvalue weighted by molar-refractivity contribution is 0.0891. The highest BCUT2D eigenvalue weighted by atomic mass is 127. The van der Waals surface area contributed by atoms with Gasteiger partial charge in [-0.3, -0.25) is 4.79 Å². The van der Waals surface area contributed by atoms with Crippen molar-refractivity contribution in [3.05, 3.63) is 33.4 Å². The van der Waals surface area contributed by atoms with Gasteiger partial charge in [0.2, 0.25) is 0 Å². The predicted molar refractivity (Wildman–Crippen MR) is 57.5 cm³/mol. The topological polar surface area (TPSA) is 29.1 Å². The number of hydrogen-bond donors (Lipinski definition) is 1. The van der Waals surface area contributed by atoms with Gasteiger partial charge in [0.15, 0.2) is 0 Å². The molecule has 0 fully saturated rings. The molecule has 5 heteroatoms. The van der Waals surface area contributed by atoms with Crippen molar-refractivity contribution in [1.29, 1.82) is 0 Å². The van der Waals surface area contributed by atoms with Crippen molar-refractivity contribution >= 4 is 28.5 Å². The largest absolute Gasteiger partial charge is 0.346 e. The molecule has 0 radical (unpaired) electrons. The van der Waals surface area contributed by atoms with Crippen LogP contribution in [-0.2, 0) is 0 Å². The fourth-order valence-electron chi connectivity index (χ4n) is 0.873. The Morgan fingerprint density at radius 2 is 1.93 bits per heavy atom. The Morgan fingerprint density at radius 3 is 2.43 bits per heavy atom. The Balaban J connectivity index is 2.57. The smallest absolute Gasteiger partial charge is 0.255 e. The molecule has 0 aliphatic heterocycles. The number of halogens is 3. The zero-order chi connectivity index (χ0) is 10.6. The molecule has 0 spiro atoms. The van der Waals surface area contributed by atoms with Gasteiger partial charge in [-0.2, -0.15) is 0 Å². The number of nitrogens with one attached hydrogen (secondary N) is 1. The van der Waals surface area contributed by atoms with E-state index in [0.717, 1.165) is 3.57 Å². The van der Waals surface area contributed by atoms with E-state index in [-0.39, 0.29) is 0 Å². The summed E-state index contributed by atoms with van der Waals surface area (Å²) in [4.78, 5) is 11.2. The molecule has 1 amide bonds. The quantitative estimate of drug-likeness (QED) is 0.853. The van der Waals surface area contributed by atoms with Gasteiger partial charge >= 0.3 is 0 Å². The monoisotopic (exact) mass is 311 g/mol. The number of hydrogen-bond acceptors (Lipinski definition) is 1. The molecule has 1 aromatic carbocycles. The van der Waals surface area contributed by atoms with E-state index in [2.05, 4.69) is 27.9 Å². The Kier molecular flexibility index (Phi) is 4.24. The molecule has 0 saturated heterocycles. The summed E-state index contributed by atoms with van der Waals surface area (Å²) in [5, 5.41) is 2.13. The second-order valence-corrected chi connectivity index (χ2v) is 3.85. The molecule has 0 aliphatic rings. The fourth-order valence-corrected chi connectivity index (χ4v) is 1.23. The summed E-state index contributed by atoms with van der Waals surface area (Å²) >= 11 is 2.10.